The van der Waals surface area contributed by atoms with Gasteiger partial charge in [0.25, 0.3) is 5.91 Å². The van der Waals surface area contributed by atoms with Gasteiger partial charge in [-0.1, -0.05) is 30.3 Å². The number of carbonyl (C=O) groups is 1. The molecule has 3 aromatic rings. The van der Waals surface area contributed by atoms with Gasteiger partial charge in [-0.05, 0) is 61.7 Å². The van der Waals surface area contributed by atoms with Crippen LogP contribution in [0.2, 0.25) is 0 Å². The second-order valence-corrected chi connectivity index (χ2v) is 7.94. The van der Waals surface area contributed by atoms with Crippen LogP contribution in [0.5, 0.6) is 0 Å². The Bertz CT molecular complexity index is 1030. The van der Waals surface area contributed by atoms with Crippen LogP contribution >= 0.6 is 0 Å². The van der Waals surface area contributed by atoms with E-state index in [1.807, 2.05) is 24.3 Å². The molecule has 0 spiro atoms. The van der Waals surface area contributed by atoms with E-state index in [0.717, 1.165) is 25.1 Å². The van der Waals surface area contributed by atoms with E-state index in [4.69, 9.17) is 0 Å². The third-order valence-corrected chi connectivity index (χ3v) is 5.74. The fourth-order valence-corrected chi connectivity index (χ4v) is 4.22. The van der Waals surface area contributed by atoms with Crippen molar-refractivity contribution < 1.29 is 13.6 Å². The van der Waals surface area contributed by atoms with Crippen LogP contribution in [-0.2, 0) is 6.54 Å². The maximum atomic E-state index is 14.1. The number of pyridine rings is 1. The average molecular weight is 421 g/mol. The molecule has 0 bridgehead atoms. The largest absolute Gasteiger partial charge is 0.343 e. The van der Waals surface area contributed by atoms with Crippen molar-refractivity contribution in [2.75, 3.05) is 13.1 Å². The minimum atomic E-state index is -0.448. The molecule has 1 saturated heterocycles. The first-order valence-corrected chi connectivity index (χ1v) is 10.5. The van der Waals surface area contributed by atoms with Crippen LogP contribution in [0.1, 0.15) is 40.5 Å². The molecule has 0 unspecified atom stereocenters. The van der Waals surface area contributed by atoms with Crippen molar-refractivity contribution in [1.29, 1.82) is 0 Å². The van der Waals surface area contributed by atoms with E-state index in [0.29, 0.717) is 18.7 Å². The van der Waals surface area contributed by atoms with E-state index in [1.165, 1.54) is 24.3 Å². The highest BCUT2D eigenvalue weighted by Crippen LogP contribution is 2.30. The van der Waals surface area contributed by atoms with Crippen molar-refractivity contribution in [3.05, 3.63) is 101 Å². The highest BCUT2D eigenvalue weighted by molar-refractivity contribution is 5.94. The summed E-state index contributed by atoms with van der Waals surface area (Å²) >= 11 is 0. The molecule has 6 heteroatoms. The predicted octanol–water partition coefficient (Wildman–Crippen LogP) is 4.74. The van der Waals surface area contributed by atoms with E-state index in [-0.39, 0.29) is 29.2 Å². The summed E-state index contributed by atoms with van der Waals surface area (Å²) in [6, 6.07) is 17.8. The predicted molar refractivity (Wildman–Crippen MR) is 115 cm³/mol. The molecule has 0 saturated carbocycles. The Balaban J connectivity index is 1.53. The van der Waals surface area contributed by atoms with Gasteiger partial charge >= 0.3 is 0 Å². The second kappa shape index (κ2) is 9.79. The molecule has 2 aromatic carbocycles. The first-order chi connectivity index (χ1) is 15.1. The van der Waals surface area contributed by atoms with Gasteiger partial charge < -0.3 is 5.32 Å². The summed E-state index contributed by atoms with van der Waals surface area (Å²) < 4.78 is 27.7. The van der Waals surface area contributed by atoms with E-state index in [1.54, 1.807) is 24.4 Å². The van der Waals surface area contributed by atoms with Crippen LogP contribution in [0.3, 0.4) is 0 Å². The van der Waals surface area contributed by atoms with Gasteiger partial charge in [0.2, 0.25) is 0 Å². The van der Waals surface area contributed by atoms with Gasteiger partial charge in [-0.2, -0.15) is 0 Å². The Morgan fingerprint density at radius 2 is 1.94 bits per heavy atom. The number of carbonyl (C=O) groups excluding carboxylic acids is 1. The Kier molecular flexibility index (Phi) is 6.67. The maximum Gasteiger partial charge on any atom is 0.251 e. The summed E-state index contributed by atoms with van der Waals surface area (Å²) in [5, 5.41) is 3.07. The molecule has 4 rings (SSSR count). The molecule has 1 fully saturated rings. The summed E-state index contributed by atoms with van der Waals surface area (Å²) in [5.74, 6) is -0.879. The highest BCUT2D eigenvalue weighted by Gasteiger charge is 2.31. The summed E-state index contributed by atoms with van der Waals surface area (Å²) in [7, 11) is 0. The molecule has 31 heavy (non-hydrogen) atoms. The molecule has 160 valence electrons. The average Bonchev–Trinajstić information content (AvgIpc) is 2.79. The number of amides is 1. The number of aromatic nitrogens is 1. The minimum Gasteiger partial charge on any atom is -0.343 e. The lowest BCUT2D eigenvalue weighted by molar-refractivity contribution is 0.0874. The fraction of sp³-hybridized carbons (Fsp3) is 0.280. The summed E-state index contributed by atoms with van der Waals surface area (Å²) in [6.45, 7) is 2.10. The third kappa shape index (κ3) is 5.33. The smallest absolute Gasteiger partial charge is 0.251 e. The van der Waals surface area contributed by atoms with Crippen molar-refractivity contribution in [2.24, 2.45) is 5.92 Å². The Hall–Kier alpha value is -3.12. The van der Waals surface area contributed by atoms with E-state index < -0.39 is 5.82 Å². The molecule has 1 aliphatic rings. The lowest BCUT2D eigenvalue weighted by Gasteiger charge is -2.37. The minimum absolute atomic E-state index is 0.105. The number of nitrogens with zero attached hydrogens (tertiary/aromatic N) is 2. The van der Waals surface area contributed by atoms with Crippen LogP contribution in [0.4, 0.5) is 8.78 Å². The summed E-state index contributed by atoms with van der Waals surface area (Å²) in [4.78, 5) is 19.6. The van der Waals surface area contributed by atoms with Crippen LogP contribution < -0.4 is 5.32 Å². The van der Waals surface area contributed by atoms with E-state index in [2.05, 4.69) is 15.2 Å². The second-order valence-electron chi connectivity index (χ2n) is 7.94. The lowest BCUT2D eigenvalue weighted by Crippen LogP contribution is -2.43. The SMILES string of the molecule is O=C(N[C@@H](c1ccccn1)[C@H]1CCCN(Cc2ccccc2F)C1)c1cccc(F)c1. The fourth-order valence-electron chi connectivity index (χ4n) is 4.22. The zero-order valence-corrected chi connectivity index (χ0v) is 17.2. The van der Waals surface area contributed by atoms with Gasteiger partial charge in [-0.25, -0.2) is 8.78 Å². The number of hydrogen-bond donors (Lipinski definition) is 1. The quantitative estimate of drug-likeness (QED) is 0.625. The van der Waals surface area contributed by atoms with Gasteiger partial charge in [0, 0.05) is 30.4 Å². The van der Waals surface area contributed by atoms with Crippen molar-refractivity contribution in [1.82, 2.24) is 15.2 Å². The normalized spacial score (nSPS) is 17.8. The summed E-state index contributed by atoms with van der Waals surface area (Å²) in [6.07, 6.45) is 3.56. The highest BCUT2D eigenvalue weighted by atomic mass is 19.1. The van der Waals surface area contributed by atoms with Crippen LogP contribution in [0.25, 0.3) is 0 Å². The zero-order valence-electron chi connectivity index (χ0n) is 17.2. The molecule has 1 N–H and O–H groups in total. The lowest BCUT2D eigenvalue weighted by atomic mass is 9.88. The molecular formula is C25H25F2N3O. The molecule has 0 radical (unpaired) electrons. The topological polar surface area (TPSA) is 45.2 Å². The number of likely N-dealkylation sites (tertiary alicyclic amines) is 1. The molecule has 1 amide bonds. The van der Waals surface area contributed by atoms with Crippen molar-refractivity contribution in [3.8, 4) is 0 Å². The van der Waals surface area contributed by atoms with Crippen molar-refractivity contribution >= 4 is 5.91 Å². The standard InChI is InChI=1S/C25H25F2N3O/c26-21-10-5-8-18(15-21)25(31)29-24(23-12-3-4-13-28-23)20-9-6-14-30(17-20)16-19-7-1-2-11-22(19)27/h1-5,7-8,10-13,15,20,24H,6,9,14,16-17H2,(H,29,31)/t20-,24+/m0/s1. The zero-order chi connectivity index (χ0) is 21.6. The van der Waals surface area contributed by atoms with Gasteiger partial charge in [0.1, 0.15) is 11.6 Å². The van der Waals surface area contributed by atoms with E-state index in [9.17, 15) is 13.6 Å². The Labute approximate surface area is 180 Å². The monoisotopic (exact) mass is 421 g/mol. The summed E-state index contributed by atoms with van der Waals surface area (Å²) in [5.41, 5.74) is 1.71. The first-order valence-electron chi connectivity index (χ1n) is 10.5. The van der Waals surface area contributed by atoms with Crippen molar-refractivity contribution in [3.63, 3.8) is 0 Å². The number of benzene rings is 2. The number of nitrogens with one attached hydrogen (secondary N) is 1. The van der Waals surface area contributed by atoms with Gasteiger partial charge in [-0.3, -0.25) is 14.7 Å². The molecule has 4 nitrogen and oxygen atoms in total. The van der Waals surface area contributed by atoms with Crippen LogP contribution in [0, 0.1) is 17.6 Å². The molecule has 2 heterocycles. The maximum absolute atomic E-state index is 14.1. The Morgan fingerprint density at radius 1 is 1.10 bits per heavy atom. The van der Waals surface area contributed by atoms with Crippen LogP contribution in [-0.4, -0.2) is 28.9 Å². The van der Waals surface area contributed by atoms with Gasteiger partial charge in [0.05, 0.1) is 11.7 Å². The molecule has 1 aromatic heterocycles. The Morgan fingerprint density at radius 3 is 2.71 bits per heavy atom. The molecule has 1 aliphatic heterocycles. The van der Waals surface area contributed by atoms with Gasteiger partial charge in [0.15, 0.2) is 0 Å². The number of halogens is 2. The van der Waals surface area contributed by atoms with Crippen molar-refractivity contribution in [2.45, 2.75) is 25.4 Å². The van der Waals surface area contributed by atoms with Crippen LogP contribution in [0.15, 0.2) is 72.9 Å². The third-order valence-electron chi connectivity index (χ3n) is 5.74. The van der Waals surface area contributed by atoms with Gasteiger partial charge in [-0.15, -0.1) is 0 Å². The van der Waals surface area contributed by atoms with E-state index >= 15 is 0 Å². The number of rotatable bonds is 6. The number of piperidine rings is 1. The molecule has 0 aliphatic carbocycles. The first kappa shape index (κ1) is 21.1. The molecule has 2 atom stereocenters. The number of hydrogen-bond acceptors (Lipinski definition) is 3. The molecular weight excluding hydrogens is 396 g/mol.